The zero-order chi connectivity index (χ0) is 23.9. The lowest BCUT2D eigenvalue weighted by Crippen LogP contribution is -2.47. The molecule has 1 saturated carbocycles. The van der Waals surface area contributed by atoms with E-state index in [1.807, 2.05) is 0 Å². The topological polar surface area (TPSA) is 49.8 Å². The van der Waals surface area contributed by atoms with Crippen molar-refractivity contribution < 1.29 is 36.6 Å². The number of carboxylic acids is 1. The van der Waals surface area contributed by atoms with Gasteiger partial charge >= 0.3 is 12.1 Å². The zero-order valence-corrected chi connectivity index (χ0v) is 18.1. The normalized spacial score (nSPS) is 20.5. The van der Waals surface area contributed by atoms with Gasteiger partial charge in [-0.05, 0) is 73.5 Å². The number of carboxylic acid groups (broad SMARTS) is 1. The Kier molecular flexibility index (Phi) is 6.55. The largest absolute Gasteiger partial charge is 0.486 e. The number of rotatable bonds is 6. The summed E-state index contributed by atoms with van der Waals surface area (Å²) in [6.07, 6.45) is -3.08. The van der Waals surface area contributed by atoms with Crippen LogP contribution in [0, 0.1) is 11.6 Å². The summed E-state index contributed by atoms with van der Waals surface area (Å²) in [5.74, 6) is -3.37. The van der Waals surface area contributed by atoms with E-state index < -0.39 is 41.5 Å². The Morgan fingerprint density at radius 1 is 1.15 bits per heavy atom. The van der Waals surface area contributed by atoms with Crippen LogP contribution in [-0.2, 0) is 0 Å². The summed E-state index contributed by atoms with van der Waals surface area (Å²) in [4.78, 5) is 12.6. The Morgan fingerprint density at radius 2 is 1.88 bits per heavy atom. The van der Waals surface area contributed by atoms with Crippen LogP contribution in [0.15, 0.2) is 30.3 Å². The summed E-state index contributed by atoms with van der Waals surface area (Å²) in [6.45, 7) is -0.101. The first-order valence-corrected chi connectivity index (χ1v) is 10.9. The van der Waals surface area contributed by atoms with Crippen LogP contribution in [-0.4, -0.2) is 41.3 Å². The number of carbonyl (C=O) groups is 1. The Balaban J connectivity index is 1.60. The summed E-state index contributed by atoms with van der Waals surface area (Å²) in [5.41, 5.74) is -0.155. The highest BCUT2D eigenvalue weighted by atomic mass is 35.5. The number of halogens is 6. The molecule has 2 atom stereocenters. The maximum absolute atomic E-state index is 14.8. The minimum atomic E-state index is -4.70. The molecule has 1 saturated heterocycles. The molecule has 2 fully saturated rings. The SMILES string of the molecule is O=C(O)c1cc(C2CC2)cc(O[C@@H]2CCCN([C@H](c3ccc(F)cc3Cl)C(F)(F)F)C2)c1F. The second kappa shape index (κ2) is 9.10. The second-order valence-electron chi connectivity index (χ2n) is 8.45. The molecule has 0 bridgehead atoms. The van der Waals surface area contributed by atoms with E-state index >= 15 is 0 Å². The minimum absolute atomic E-state index is 0.0860. The smallest absolute Gasteiger partial charge is 0.408 e. The molecule has 2 aromatic rings. The summed E-state index contributed by atoms with van der Waals surface area (Å²) < 4.78 is 76.0. The third kappa shape index (κ3) is 5.24. The van der Waals surface area contributed by atoms with Crippen molar-refractivity contribution in [3.8, 4) is 5.75 Å². The molecule has 1 aliphatic heterocycles. The highest BCUT2D eigenvalue weighted by Gasteiger charge is 2.47. The van der Waals surface area contributed by atoms with Crippen molar-refractivity contribution >= 4 is 17.6 Å². The standard InChI is InChI=1S/C23H21ClF5NO3/c24-18-10-14(25)5-6-16(18)21(23(27,28)29)30-7-1-2-15(11-30)33-19-9-13(12-3-4-12)8-17(20(19)26)22(31)32/h5-6,8-10,12,15,21H,1-4,7,11H2,(H,31,32)/t15-,21-/m1/s1. The van der Waals surface area contributed by atoms with E-state index in [9.17, 15) is 31.9 Å². The molecule has 4 rings (SSSR count). The van der Waals surface area contributed by atoms with Crippen molar-refractivity contribution in [3.63, 3.8) is 0 Å². The molecule has 4 nitrogen and oxygen atoms in total. The van der Waals surface area contributed by atoms with Gasteiger partial charge < -0.3 is 9.84 Å². The molecule has 33 heavy (non-hydrogen) atoms. The van der Waals surface area contributed by atoms with Crippen molar-refractivity contribution in [1.82, 2.24) is 4.90 Å². The fourth-order valence-corrected chi connectivity index (χ4v) is 4.56. The quantitative estimate of drug-likeness (QED) is 0.481. The number of hydrogen-bond donors (Lipinski definition) is 1. The van der Waals surface area contributed by atoms with Crippen LogP contribution in [0.25, 0.3) is 0 Å². The second-order valence-corrected chi connectivity index (χ2v) is 8.85. The van der Waals surface area contributed by atoms with Gasteiger partial charge in [-0.1, -0.05) is 17.7 Å². The predicted octanol–water partition coefficient (Wildman–Crippen LogP) is 6.34. The van der Waals surface area contributed by atoms with E-state index in [2.05, 4.69) is 0 Å². The van der Waals surface area contributed by atoms with Crippen molar-refractivity contribution in [2.45, 2.75) is 49.9 Å². The number of alkyl halides is 3. The van der Waals surface area contributed by atoms with Gasteiger partial charge in [0.15, 0.2) is 11.6 Å². The van der Waals surface area contributed by atoms with Gasteiger partial charge in [0.1, 0.15) is 18.0 Å². The Bertz CT molecular complexity index is 1060. The molecule has 1 aliphatic carbocycles. The predicted molar refractivity (Wildman–Crippen MR) is 111 cm³/mol. The Morgan fingerprint density at radius 3 is 2.48 bits per heavy atom. The van der Waals surface area contributed by atoms with Gasteiger partial charge in [0.2, 0.25) is 0 Å². The first kappa shape index (κ1) is 23.8. The average molecular weight is 490 g/mol. The van der Waals surface area contributed by atoms with E-state index in [1.165, 1.54) is 12.1 Å². The highest BCUT2D eigenvalue weighted by molar-refractivity contribution is 6.31. The number of nitrogens with zero attached hydrogens (tertiary/aromatic N) is 1. The molecular formula is C23H21ClF5NO3. The zero-order valence-electron chi connectivity index (χ0n) is 17.3. The average Bonchev–Trinajstić information content (AvgIpc) is 3.56. The third-order valence-corrected chi connectivity index (χ3v) is 6.30. The first-order valence-electron chi connectivity index (χ1n) is 10.5. The van der Waals surface area contributed by atoms with Crippen molar-refractivity contribution in [1.29, 1.82) is 0 Å². The molecule has 1 N–H and O–H groups in total. The maximum Gasteiger partial charge on any atom is 0.408 e. The first-order chi connectivity index (χ1) is 15.5. The molecule has 2 aromatic carbocycles. The molecular weight excluding hydrogens is 469 g/mol. The van der Waals surface area contributed by atoms with Crippen LogP contribution in [0.4, 0.5) is 22.0 Å². The number of benzene rings is 2. The van der Waals surface area contributed by atoms with Crippen LogP contribution < -0.4 is 4.74 Å². The molecule has 2 aliphatic rings. The number of likely N-dealkylation sites (tertiary alicyclic amines) is 1. The Hall–Kier alpha value is -2.39. The van der Waals surface area contributed by atoms with E-state index in [0.717, 1.165) is 35.9 Å². The van der Waals surface area contributed by atoms with Gasteiger partial charge in [-0.15, -0.1) is 0 Å². The van der Waals surface area contributed by atoms with Crippen molar-refractivity contribution in [3.05, 3.63) is 63.7 Å². The summed E-state index contributed by atoms with van der Waals surface area (Å²) in [6, 6.07) is 3.40. The van der Waals surface area contributed by atoms with Crippen LogP contribution in [0.3, 0.4) is 0 Å². The lowest BCUT2D eigenvalue weighted by atomic mass is 9.99. The van der Waals surface area contributed by atoms with Crippen LogP contribution in [0.2, 0.25) is 5.02 Å². The van der Waals surface area contributed by atoms with Gasteiger partial charge in [0.05, 0.1) is 5.56 Å². The monoisotopic (exact) mass is 489 g/mol. The lowest BCUT2D eigenvalue weighted by Gasteiger charge is -2.39. The molecule has 10 heteroatoms. The van der Waals surface area contributed by atoms with Crippen molar-refractivity contribution in [2.24, 2.45) is 0 Å². The third-order valence-electron chi connectivity index (χ3n) is 5.98. The molecule has 178 valence electrons. The van der Waals surface area contributed by atoms with E-state index in [-0.39, 0.29) is 35.3 Å². The van der Waals surface area contributed by atoms with E-state index in [0.29, 0.717) is 18.4 Å². The molecule has 0 amide bonds. The molecule has 0 radical (unpaired) electrons. The van der Waals surface area contributed by atoms with E-state index in [1.54, 1.807) is 0 Å². The fraction of sp³-hybridized carbons (Fsp3) is 0.435. The minimum Gasteiger partial charge on any atom is -0.486 e. The lowest BCUT2D eigenvalue weighted by molar-refractivity contribution is -0.192. The fourth-order valence-electron chi connectivity index (χ4n) is 4.29. The number of ether oxygens (including phenoxy) is 1. The number of hydrogen-bond acceptors (Lipinski definition) is 3. The maximum atomic E-state index is 14.8. The van der Waals surface area contributed by atoms with Crippen LogP contribution in [0.5, 0.6) is 5.75 Å². The molecule has 0 unspecified atom stereocenters. The van der Waals surface area contributed by atoms with E-state index in [4.69, 9.17) is 16.3 Å². The Labute approximate surface area is 191 Å². The van der Waals surface area contributed by atoms with Crippen molar-refractivity contribution in [2.75, 3.05) is 13.1 Å². The highest BCUT2D eigenvalue weighted by Crippen LogP contribution is 2.44. The molecule has 0 spiro atoms. The molecule has 1 heterocycles. The van der Waals surface area contributed by atoms with Gasteiger partial charge in [-0.25, -0.2) is 13.6 Å². The van der Waals surface area contributed by atoms with Gasteiger partial charge in [0, 0.05) is 11.6 Å². The summed E-state index contributed by atoms with van der Waals surface area (Å²) in [7, 11) is 0. The summed E-state index contributed by atoms with van der Waals surface area (Å²) in [5, 5.41) is 8.99. The van der Waals surface area contributed by atoms with Gasteiger partial charge in [0.25, 0.3) is 0 Å². The van der Waals surface area contributed by atoms with Crippen LogP contribution >= 0.6 is 11.6 Å². The molecule has 0 aromatic heterocycles. The van der Waals surface area contributed by atoms with Gasteiger partial charge in [-0.3, -0.25) is 4.90 Å². The number of piperidine rings is 1. The van der Waals surface area contributed by atoms with Gasteiger partial charge in [-0.2, -0.15) is 13.2 Å². The van der Waals surface area contributed by atoms with Crippen LogP contribution in [0.1, 0.15) is 59.1 Å². The number of aromatic carboxylic acids is 1. The summed E-state index contributed by atoms with van der Waals surface area (Å²) >= 11 is 5.93.